The first kappa shape index (κ1) is 11.5. The Bertz CT molecular complexity index is 339. The summed E-state index contributed by atoms with van der Waals surface area (Å²) in [5, 5.41) is 0. The normalized spacial score (nSPS) is 9.93. The van der Waals surface area contributed by atoms with E-state index in [1.807, 2.05) is 6.92 Å². The van der Waals surface area contributed by atoms with Gasteiger partial charge in [-0.05, 0) is 41.1 Å². The molecule has 0 radical (unpaired) electrons. The quantitative estimate of drug-likeness (QED) is 0.624. The van der Waals surface area contributed by atoms with E-state index in [0.717, 1.165) is 10.2 Å². The second-order valence-electron chi connectivity index (χ2n) is 2.64. The highest BCUT2D eigenvalue weighted by atomic mass is 79.9. The van der Waals surface area contributed by atoms with Crippen LogP contribution in [0.15, 0.2) is 22.7 Å². The van der Waals surface area contributed by atoms with Crippen molar-refractivity contribution in [1.82, 2.24) is 0 Å². The van der Waals surface area contributed by atoms with Gasteiger partial charge in [0.25, 0.3) is 0 Å². The maximum Gasteiger partial charge on any atom is 0.177 e. The number of rotatable bonds is 4. The zero-order valence-electron chi connectivity index (χ0n) is 7.72. The van der Waals surface area contributed by atoms with E-state index in [9.17, 15) is 4.79 Å². The summed E-state index contributed by atoms with van der Waals surface area (Å²) >= 11 is 8.77. The van der Waals surface area contributed by atoms with Gasteiger partial charge in [0.05, 0.1) is 17.0 Å². The number of hydrogen-bond donors (Lipinski definition) is 0. The molecule has 1 aromatic carbocycles. The van der Waals surface area contributed by atoms with Gasteiger partial charge in [0.2, 0.25) is 0 Å². The molecule has 0 aliphatic carbocycles. The van der Waals surface area contributed by atoms with Gasteiger partial charge in [0.1, 0.15) is 5.75 Å². The Balaban J connectivity index is 2.94. The molecule has 0 heterocycles. The van der Waals surface area contributed by atoms with Crippen LogP contribution in [0.5, 0.6) is 5.75 Å². The maximum atomic E-state index is 11.2. The van der Waals surface area contributed by atoms with E-state index in [2.05, 4.69) is 15.9 Å². The van der Waals surface area contributed by atoms with Gasteiger partial charge in [-0.25, -0.2) is 0 Å². The van der Waals surface area contributed by atoms with E-state index in [1.54, 1.807) is 18.2 Å². The average Bonchev–Trinajstić information content (AvgIpc) is 2.20. The van der Waals surface area contributed by atoms with Crippen molar-refractivity contribution in [2.24, 2.45) is 0 Å². The van der Waals surface area contributed by atoms with Crippen molar-refractivity contribution in [3.8, 4) is 5.75 Å². The van der Waals surface area contributed by atoms with Crippen molar-refractivity contribution in [2.45, 2.75) is 6.92 Å². The fourth-order valence-electron chi connectivity index (χ4n) is 1.02. The molecular formula is C10H10BrClO2. The lowest BCUT2D eigenvalue weighted by Gasteiger charge is -2.06. The van der Waals surface area contributed by atoms with Crippen LogP contribution >= 0.6 is 27.5 Å². The van der Waals surface area contributed by atoms with Crippen LogP contribution in [-0.4, -0.2) is 18.3 Å². The van der Waals surface area contributed by atoms with Crippen LogP contribution in [0.25, 0.3) is 0 Å². The molecule has 2 nitrogen and oxygen atoms in total. The van der Waals surface area contributed by atoms with E-state index < -0.39 is 0 Å². The molecule has 0 bridgehead atoms. The van der Waals surface area contributed by atoms with E-state index in [4.69, 9.17) is 16.3 Å². The molecule has 0 saturated heterocycles. The SMILES string of the molecule is CCOc1ccc(C(=O)CCl)cc1Br. The largest absolute Gasteiger partial charge is 0.493 e. The van der Waals surface area contributed by atoms with Crippen molar-refractivity contribution in [3.63, 3.8) is 0 Å². The van der Waals surface area contributed by atoms with Gasteiger partial charge in [0.15, 0.2) is 5.78 Å². The number of benzene rings is 1. The number of ether oxygens (including phenoxy) is 1. The first-order valence-electron chi connectivity index (χ1n) is 4.20. The minimum absolute atomic E-state index is 0.000418. The van der Waals surface area contributed by atoms with Crippen molar-refractivity contribution in [3.05, 3.63) is 28.2 Å². The standard InChI is InChI=1S/C10H10BrClO2/c1-2-14-10-4-3-7(5-8(10)11)9(13)6-12/h3-5H,2,6H2,1H3. The molecule has 0 unspecified atom stereocenters. The zero-order valence-corrected chi connectivity index (χ0v) is 10.1. The molecule has 0 spiro atoms. The number of ketones is 1. The third-order valence-corrected chi connectivity index (χ3v) is 2.54. The van der Waals surface area contributed by atoms with Gasteiger partial charge < -0.3 is 4.74 Å². The van der Waals surface area contributed by atoms with Crippen LogP contribution in [0.3, 0.4) is 0 Å². The van der Waals surface area contributed by atoms with E-state index in [1.165, 1.54) is 0 Å². The predicted molar refractivity (Wildman–Crippen MR) is 60.4 cm³/mol. The minimum atomic E-state index is -0.0876. The Morgan fingerprint density at radius 3 is 2.79 bits per heavy atom. The lowest BCUT2D eigenvalue weighted by Crippen LogP contribution is -2.01. The fraction of sp³-hybridized carbons (Fsp3) is 0.300. The molecule has 0 aromatic heterocycles. The van der Waals surface area contributed by atoms with E-state index in [-0.39, 0.29) is 11.7 Å². The second kappa shape index (κ2) is 5.37. The lowest BCUT2D eigenvalue weighted by atomic mass is 10.1. The zero-order chi connectivity index (χ0) is 10.6. The molecule has 0 atom stereocenters. The summed E-state index contributed by atoms with van der Waals surface area (Å²) in [6.45, 7) is 2.51. The highest BCUT2D eigenvalue weighted by Crippen LogP contribution is 2.26. The summed E-state index contributed by atoms with van der Waals surface area (Å²) in [4.78, 5) is 11.2. The van der Waals surface area contributed by atoms with Gasteiger partial charge in [-0.15, -0.1) is 11.6 Å². The number of halogens is 2. The second-order valence-corrected chi connectivity index (χ2v) is 3.76. The molecule has 1 rings (SSSR count). The summed E-state index contributed by atoms with van der Waals surface area (Å²) < 4.78 is 6.09. The van der Waals surface area contributed by atoms with Crippen LogP contribution in [0.1, 0.15) is 17.3 Å². The van der Waals surface area contributed by atoms with Gasteiger partial charge in [-0.2, -0.15) is 0 Å². The number of Topliss-reactive ketones (excluding diaryl/α,β-unsaturated/α-hetero) is 1. The summed E-state index contributed by atoms with van der Waals surface area (Å²) in [5.74, 6) is 0.648. The Hall–Kier alpha value is -0.540. The first-order chi connectivity index (χ1) is 6.69. The smallest absolute Gasteiger partial charge is 0.177 e. The Kier molecular flexibility index (Phi) is 4.42. The fourth-order valence-corrected chi connectivity index (χ4v) is 1.67. The summed E-state index contributed by atoms with van der Waals surface area (Å²) in [6.07, 6.45) is 0. The molecule has 0 aliphatic rings. The molecule has 0 fully saturated rings. The number of alkyl halides is 1. The van der Waals surface area contributed by atoms with E-state index in [0.29, 0.717) is 12.2 Å². The van der Waals surface area contributed by atoms with Crippen LogP contribution in [-0.2, 0) is 0 Å². The molecule has 0 N–H and O–H groups in total. The third kappa shape index (κ3) is 2.72. The first-order valence-corrected chi connectivity index (χ1v) is 5.53. The monoisotopic (exact) mass is 276 g/mol. The summed E-state index contributed by atoms with van der Waals surface area (Å²) in [5.41, 5.74) is 0.593. The van der Waals surface area contributed by atoms with Crippen LogP contribution in [0.4, 0.5) is 0 Å². The Labute approximate surface area is 96.3 Å². The molecule has 1 aromatic rings. The number of hydrogen-bond acceptors (Lipinski definition) is 2. The minimum Gasteiger partial charge on any atom is -0.493 e. The molecule has 14 heavy (non-hydrogen) atoms. The van der Waals surface area contributed by atoms with Crippen molar-refractivity contribution >= 4 is 33.3 Å². The number of carbonyl (C=O) groups excluding carboxylic acids is 1. The topological polar surface area (TPSA) is 26.3 Å². The highest BCUT2D eigenvalue weighted by Gasteiger charge is 2.07. The molecule has 4 heteroatoms. The van der Waals surface area contributed by atoms with Gasteiger partial charge in [-0.1, -0.05) is 0 Å². The third-order valence-electron chi connectivity index (χ3n) is 1.68. The predicted octanol–water partition coefficient (Wildman–Crippen LogP) is 3.27. The van der Waals surface area contributed by atoms with Gasteiger partial charge >= 0.3 is 0 Å². The van der Waals surface area contributed by atoms with Crippen molar-refractivity contribution < 1.29 is 9.53 Å². The van der Waals surface area contributed by atoms with Crippen molar-refractivity contribution in [2.75, 3.05) is 12.5 Å². The molecule has 0 saturated carbocycles. The average molecular weight is 278 g/mol. The number of carbonyl (C=O) groups is 1. The molecule has 76 valence electrons. The van der Waals surface area contributed by atoms with Gasteiger partial charge in [0, 0.05) is 5.56 Å². The molecule has 0 amide bonds. The maximum absolute atomic E-state index is 11.2. The Morgan fingerprint density at radius 1 is 1.57 bits per heavy atom. The lowest BCUT2D eigenvalue weighted by molar-refractivity contribution is 0.102. The molecule has 0 aliphatic heterocycles. The van der Waals surface area contributed by atoms with Gasteiger partial charge in [-0.3, -0.25) is 4.79 Å². The molecular weight excluding hydrogens is 267 g/mol. The van der Waals surface area contributed by atoms with Crippen molar-refractivity contribution in [1.29, 1.82) is 0 Å². The highest BCUT2D eigenvalue weighted by molar-refractivity contribution is 9.10. The summed E-state index contributed by atoms with van der Waals surface area (Å²) in [7, 11) is 0. The van der Waals surface area contributed by atoms with E-state index >= 15 is 0 Å². The van der Waals surface area contributed by atoms with Crippen LogP contribution in [0.2, 0.25) is 0 Å². The van der Waals surface area contributed by atoms with Crippen LogP contribution in [0, 0.1) is 0 Å². The van der Waals surface area contributed by atoms with Crippen LogP contribution < -0.4 is 4.74 Å². The summed E-state index contributed by atoms with van der Waals surface area (Å²) in [6, 6.07) is 5.18. The Morgan fingerprint density at radius 2 is 2.29 bits per heavy atom.